The second kappa shape index (κ2) is 6.47. The maximum Gasteiger partial charge on any atom is 0.248 e. The highest BCUT2D eigenvalue weighted by molar-refractivity contribution is 5.95. The number of anilines is 2. The summed E-state index contributed by atoms with van der Waals surface area (Å²) in [5, 5.41) is 3.11. The number of hydrogen-bond acceptors (Lipinski definition) is 4. The van der Waals surface area contributed by atoms with Gasteiger partial charge in [0, 0.05) is 18.7 Å². The number of carbonyl (C=O) groups excluding carboxylic acids is 2. The average molecular weight is 290 g/mol. The van der Waals surface area contributed by atoms with Crippen LogP contribution in [0, 0.1) is 0 Å². The molecule has 21 heavy (non-hydrogen) atoms. The molecule has 1 unspecified atom stereocenters. The Labute approximate surface area is 124 Å². The molecule has 0 bridgehead atoms. The number of piperidine rings is 1. The van der Waals surface area contributed by atoms with Crippen molar-refractivity contribution in [3.05, 3.63) is 23.8 Å². The van der Waals surface area contributed by atoms with Crippen LogP contribution in [-0.2, 0) is 4.79 Å². The third-order valence-corrected chi connectivity index (χ3v) is 3.75. The van der Waals surface area contributed by atoms with E-state index in [1.54, 1.807) is 12.1 Å². The molecule has 1 aliphatic rings. The second-order valence-corrected chi connectivity index (χ2v) is 5.42. The first-order chi connectivity index (χ1) is 9.99. The van der Waals surface area contributed by atoms with E-state index in [-0.39, 0.29) is 11.9 Å². The van der Waals surface area contributed by atoms with Crippen LogP contribution < -0.4 is 16.8 Å². The predicted octanol–water partition coefficient (Wildman–Crippen LogP) is 1.18. The molecule has 1 fully saturated rings. The zero-order valence-corrected chi connectivity index (χ0v) is 12.3. The molecular formula is C15H22N4O2. The van der Waals surface area contributed by atoms with Gasteiger partial charge in [-0.1, -0.05) is 0 Å². The highest BCUT2D eigenvalue weighted by Crippen LogP contribution is 2.21. The maximum atomic E-state index is 12.3. The van der Waals surface area contributed by atoms with Crippen LogP contribution in [0.3, 0.4) is 0 Å². The Morgan fingerprint density at radius 3 is 2.48 bits per heavy atom. The Bertz CT molecular complexity index is 538. The lowest BCUT2D eigenvalue weighted by Crippen LogP contribution is -2.44. The summed E-state index contributed by atoms with van der Waals surface area (Å²) in [4.78, 5) is 25.3. The summed E-state index contributed by atoms with van der Waals surface area (Å²) in [6, 6.07) is 4.43. The fourth-order valence-electron chi connectivity index (χ4n) is 2.53. The zero-order chi connectivity index (χ0) is 15.4. The van der Waals surface area contributed by atoms with Crippen LogP contribution in [0.5, 0.6) is 0 Å². The van der Waals surface area contributed by atoms with Crippen LogP contribution in [0.4, 0.5) is 11.4 Å². The normalized spacial score (nSPS) is 16.3. The van der Waals surface area contributed by atoms with Crippen molar-refractivity contribution in [1.29, 1.82) is 0 Å². The molecule has 1 aromatic carbocycles. The van der Waals surface area contributed by atoms with Crippen molar-refractivity contribution >= 4 is 23.2 Å². The maximum absolute atomic E-state index is 12.3. The topological polar surface area (TPSA) is 101 Å². The molecule has 1 atom stereocenters. The third-order valence-electron chi connectivity index (χ3n) is 3.75. The number of rotatable bonds is 4. The van der Waals surface area contributed by atoms with E-state index in [0.29, 0.717) is 16.9 Å². The summed E-state index contributed by atoms with van der Waals surface area (Å²) in [7, 11) is 0. The number of hydrogen-bond donors (Lipinski definition) is 3. The monoisotopic (exact) mass is 290 g/mol. The lowest BCUT2D eigenvalue weighted by molar-refractivity contribution is -0.132. The van der Waals surface area contributed by atoms with Crippen LogP contribution in [0.15, 0.2) is 18.2 Å². The molecule has 2 rings (SSSR count). The Morgan fingerprint density at radius 2 is 1.90 bits per heavy atom. The molecule has 2 amide bonds. The van der Waals surface area contributed by atoms with E-state index in [9.17, 15) is 9.59 Å². The lowest BCUT2D eigenvalue weighted by Gasteiger charge is -2.30. The van der Waals surface area contributed by atoms with Crippen LogP contribution in [0.2, 0.25) is 0 Å². The Balaban J connectivity index is 2.03. The Hall–Kier alpha value is -2.24. The van der Waals surface area contributed by atoms with Crippen molar-refractivity contribution in [1.82, 2.24) is 4.90 Å². The van der Waals surface area contributed by atoms with E-state index in [2.05, 4.69) is 5.32 Å². The molecule has 0 spiro atoms. The highest BCUT2D eigenvalue weighted by Gasteiger charge is 2.22. The van der Waals surface area contributed by atoms with Crippen LogP contribution in [-0.4, -0.2) is 35.8 Å². The van der Waals surface area contributed by atoms with E-state index in [0.717, 1.165) is 25.9 Å². The first kappa shape index (κ1) is 15.2. The fraction of sp³-hybridized carbons (Fsp3) is 0.467. The smallest absolute Gasteiger partial charge is 0.248 e. The summed E-state index contributed by atoms with van der Waals surface area (Å²) >= 11 is 0. The number of primary amides is 1. The van der Waals surface area contributed by atoms with Crippen molar-refractivity contribution in [2.24, 2.45) is 5.73 Å². The summed E-state index contributed by atoms with van der Waals surface area (Å²) in [5.41, 5.74) is 12.5. The molecule has 0 radical (unpaired) electrons. The van der Waals surface area contributed by atoms with Gasteiger partial charge in [-0.15, -0.1) is 0 Å². The number of nitrogen functional groups attached to an aromatic ring is 1. The first-order valence-electron chi connectivity index (χ1n) is 7.23. The molecule has 1 saturated heterocycles. The Kier molecular flexibility index (Phi) is 4.67. The molecule has 1 aliphatic heterocycles. The number of amides is 2. The molecule has 0 saturated carbocycles. The summed E-state index contributed by atoms with van der Waals surface area (Å²) in [6.07, 6.45) is 3.31. The minimum Gasteiger partial charge on any atom is -0.397 e. The van der Waals surface area contributed by atoms with Crippen molar-refractivity contribution in [3.8, 4) is 0 Å². The quantitative estimate of drug-likeness (QED) is 0.725. The molecule has 114 valence electrons. The predicted molar refractivity (Wildman–Crippen MR) is 82.9 cm³/mol. The standard InChI is InChI=1S/C15H22N4O2/c1-10(15(21)19-7-3-2-4-8-19)18-13-6-5-11(14(17)20)9-12(13)16/h5-6,9-10,18H,2-4,7-8,16H2,1H3,(H2,17,20). The first-order valence-corrected chi connectivity index (χ1v) is 7.23. The number of nitrogens with two attached hydrogens (primary N) is 2. The van der Waals surface area contributed by atoms with Gasteiger partial charge in [0.05, 0.1) is 11.4 Å². The van der Waals surface area contributed by atoms with Crippen molar-refractivity contribution in [3.63, 3.8) is 0 Å². The van der Waals surface area contributed by atoms with Gasteiger partial charge in [-0.2, -0.15) is 0 Å². The van der Waals surface area contributed by atoms with E-state index >= 15 is 0 Å². The van der Waals surface area contributed by atoms with E-state index in [1.165, 1.54) is 12.5 Å². The van der Waals surface area contributed by atoms with E-state index in [1.807, 2.05) is 11.8 Å². The lowest BCUT2D eigenvalue weighted by atomic mass is 10.1. The molecule has 6 heteroatoms. The fourth-order valence-corrected chi connectivity index (χ4v) is 2.53. The van der Waals surface area contributed by atoms with Gasteiger partial charge in [0.15, 0.2) is 0 Å². The minimum atomic E-state index is -0.523. The van der Waals surface area contributed by atoms with Crippen LogP contribution >= 0.6 is 0 Å². The van der Waals surface area contributed by atoms with Gasteiger partial charge < -0.3 is 21.7 Å². The molecular weight excluding hydrogens is 268 g/mol. The number of carbonyl (C=O) groups is 2. The van der Waals surface area contributed by atoms with Crippen LogP contribution in [0.1, 0.15) is 36.5 Å². The SMILES string of the molecule is CC(Nc1ccc(C(N)=O)cc1N)C(=O)N1CCCCC1. The summed E-state index contributed by atoms with van der Waals surface area (Å²) in [6.45, 7) is 3.46. The van der Waals surface area contributed by atoms with Crippen molar-refractivity contribution in [2.45, 2.75) is 32.2 Å². The van der Waals surface area contributed by atoms with E-state index in [4.69, 9.17) is 11.5 Å². The van der Waals surface area contributed by atoms with Gasteiger partial charge in [0.2, 0.25) is 11.8 Å². The number of nitrogens with zero attached hydrogens (tertiary/aromatic N) is 1. The number of nitrogens with one attached hydrogen (secondary N) is 1. The molecule has 1 heterocycles. The molecule has 0 aliphatic carbocycles. The van der Waals surface area contributed by atoms with Crippen molar-refractivity contribution in [2.75, 3.05) is 24.1 Å². The number of likely N-dealkylation sites (tertiary alicyclic amines) is 1. The van der Waals surface area contributed by atoms with Crippen LogP contribution in [0.25, 0.3) is 0 Å². The molecule has 6 nitrogen and oxygen atoms in total. The average Bonchev–Trinajstić information content (AvgIpc) is 2.49. The van der Waals surface area contributed by atoms with Gasteiger partial charge in [0.1, 0.15) is 6.04 Å². The molecule has 1 aromatic rings. The summed E-state index contributed by atoms with van der Waals surface area (Å²) in [5.74, 6) is -0.446. The highest BCUT2D eigenvalue weighted by atomic mass is 16.2. The van der Waals surface area contributed by atoms with Gasteiger partial charge in [-0.25, -0.2) is 0 Å². The van der Waals surface area contributed by atoms with Gasteiger partial charge in [0.25, 0.3) is 0 Å². The van der Waals surface area contributed by atoms with Gasteiger partial charge in [-0.3, -0.25) is 9.59 Å². The van der Waals surface area contributed by atoms with Crippen molar-refractivity contribution < 1.29 is 9.59 Å². The van der Waals surface area contributed by atoms with E-state index < -0.39 is 5.91 Å². The molecule has 0 aromatic heterocycles. The largest absolute Gasteiger partial charge is 0.397 e. The minimum absolute atomic E-state index is 0.0769. The van der Waals surface area contributed by atoms with Gasteiger partial charge >= 0.3 is 0 Å². The second-order valence-electron chi connectivity index (χ2n) is 5.42. The number of benzene rings is 1. The van der Waals surface area contributed by atoms with Gasteiger partial charge in [-0.05, 0) is 44.4 Å². The Morgan fingerprint density at radius 1 is 1.24 bits per heavy atom. The summed E-state index contributed by atoms with van der Waals surface area (Å²) < 4.78 is 0. The molecule has 5 N–H and O–H groups in total. The zero-order valence-electron chi connectivity index (χ0n) is 12.3. The third kappa shape index (κ3) is 3.65.